The second-order valence-electron chi connectivity index (χ2n) is 7.58. The predicted octanol–water partition coefficient (Wildman–Crippen LogP) is 2.84. The molecule has 0 unspecified atom stereocenters. The molecule has 11 nitrogen and oxygen atoms in total. The van der Waals surface area contributed by atoms with Crippen LogP contribution in [-0.4, -0.2) is 61.1 Å². The molecule has 1 aliphatic rings. The van der Waals surface area contributed by atoms with Crippen molar-refractivity contribution >= 4 is 6.09 Å². The van der Waals surface area contributed by atoms with E-state index in [1.54, 1.807) is 21.8 Å². The predicted molar refractivity (Wildman–Crippen MR) is 112 cm³/mol. The zero-order chi connectivity index (χ0) is 23.2. The highest BCUT2D eigenvalue weighted by Gasteiger charge is 2.27. The molecule has 1 saturated heterocycles. The topological polar surface area (TPSA) is 135 Å². The van der Waals surface area contributed by atoms with Crippen LogP contribution in [0.2, 0.25) is 0 Å². The molecule has 1 aliphatic heterocycles. The Morgan fingerprint density at radius 2 is 2.18 bits per heavy atom. The second kappa shape index (κ2) is 10.1. The lowest BCUT2D eigenvalue weighted by Crippen LogP contribution is -2.39. The number of H-pyrrole nitrogens is 1. The number of rotatable bonds is 7. The molecule has 2 aromatic heterocycles. The van der Waals surface area contributed by atoms with Crippen molar-refractivity contribution in [2.24, 2.45) is 0 Å². The number of amides is 1. The molecule has 172 valence electrons. The smallest absolute Gasteiger partial charge is 0.409 e. The summed E-state index contributed by atoms with van der Waals surface area (Å²) in [5, 5.41) is 27.5. The van der Waals surface area contributed by atoms with E-state index in [9.17, 15) is 14.4 Å². The Labute approximate surface area is 189 Å². The van der Waals surface area contributed by atoms with Gasteiger partial charge in [0.05, 0.1) is 18.8 Å². The fourth-order valence-corrected chi connectivity index (χ4v) is 3.67. The van der Waals surface area contributed by atoms with Gasteiger partial charge in [0.25, 0.3) is 0 Å². The van der Waals surface area contributed by atoms with Gasteiger partial charge in [0.1, 0.15) is 18.4 Å². The third-order valence-corrected chi connectivity index (χ3v) is 5.39. The Balaban J connectivity index is 1.39. The molecule has 3 heterocycles. The van der Waals surface area contributed by atoms with Crippen LogP contribution in [0.1, 0.15) is 43.5 Å². The normalized spacial score (nSPS) is 14.2. The number of hydrogen-bond donors (Lipinski definition) is 1. The van der Waals surface area contributed by atoms with Crippen LogP contribution in [0.3, 0.4) is 0 Å². The molecule has 1 amide bonds. The number of nitriles is 1. The molecular formula is C21H23FN8O3. The van der Waals surface area contributed by atoms with E-state index in [0.717, 1.165) is 6.42 Å². The van der Waals surface area contributed by atoms with Crippen LogP contribution in [0.5, 0.6) is 5.75 Å². The van der Waals surface area contributed by atoms with E-state index in [-0.39, 0.29) is 30.3 Å². The summed E-state index contributed by atoms with van der Waals surface area (Å²) in [5.74, 6) is -0.263. The average Bonchev–Trinajstić information content (AvgIpc) is 3.52. The van der Waals surface area contributed by atoms with Gasteiger partial charge in [-0.1, -0.05) is 6.92 Å². The lowest BCUT2D eigenvalue weighted by Gasteiger charge is -2.31. The fraction of sp³-hybridized carbons (Fsp3) is 0.429. The molecule has 0 atom stereocenters. The minimum Gasteiger partial charge on any atom is -0.486 e. The lowest BCUT2D eigenvalue weighted by atomic mass is 10.1. The molecule has 0 radical (unpaired) electrons. The number of nitrogens with one attached hydrogen (secondary N) is 1. The van der Waals surface area contributed by atoms with Crippen molar-refractivity contribution in [3.63, 3.8) is 0 Å². The van der Waals surface area contributed by atoms with Crippen molar-refractivity contribution in [1.29, 1.82) is 5.26 Å². The summed E-state index contributed by atoms with van der Waals surface area (Å²) in [6.45, 7) is 3.40. The van der Waals surface area contributed by atoms with Gasteiger partial charge in [0, 0.05) is 24.2 Å². The first kappa shape index (κ1) is 22.2. The fourth-order valence-electron chi connectivity index (χ4n) is 3.67. The zero-order valence-electron chi connectivity index (χ0n) is 18.1. The number of hydrogen-bond acceptors (Lipinski definition) is 8. The van der Waals surface area contributed by atoms with Gasteiger partial charge in [0.2, 0.25) is 5.82 Å². The third-order valence-electron chi connectivity index (χ3n) is 5.39. The van der Waals surface area contributed by atoms with E-state index in [4.69, 9.17) is 9.47 Å². The maximum absolute atomic E-state index is 14.5. The second-order valence-corrected chi connectivity index (χ2v) is 7.58. The largest absolute Gasteiger partial charge is 0.486 e. The summed E-state index contributed by atoms with van der Waals surface area (Å²) in [7, 11) is 0. The first-order valence-electron chi connectivity index (χ1n) is 10.6. The zero-order valence-corrected chi connectivity index (χ0v) is 18.1. The molecule has 1 fully saturated rings. The minimum atomic E-state index is -0.578. The first-order chi connectivity index (χ1) is 16.1. The molecule has 0 spiro atoms. The number of piperidine rings is 1. The van der Waals surface area contributed by atoms with Crippen LogP contribution in [0.25, 0.3) is 11.4 Å². The van der Waals surface area contributed by atoms with Gasteiger partial charge >= 0.3 is 6.09 Å². The van der Waals surface area contributed by atoms with Crippen LogP contribution < -0.4 is 4.74 Å². The number of halogens is 1. The van der Waals surface area contributed by atoms with Crippen LogP contribution in [0.15, 0.2) is 24.4 Å². The molecule has 3 aromatic rings. The van der Waals surface area contributed by atoms with Gasteiger partial charge in [-0.05, 0) is 42.7 Å². The average molecular weight is 454 g/mol. The number of benzene rings is 1. The summed E-state index contributed by atoms with van der Waals surface area (Å²) in [5.41, 5.74) is 1.39. The molecule has 1 aromatic carbocycles. The number of likely N-dealkylation sites (tertiary alicyclic amines) is 1. The lowest BCUT2D eigenvalue weighted by molar-refractivity contribution is 0.0875. The van der Waals surface area contributed by atoms with Gasteiger partial charge in [-0.15, -0.1) is 10.2 Å². The SMILES string of the molecule is CCCOC(=O)N1CCC(n2ncc(COc3ccc(-c4nn[nH]n4)cc3F)c2C#N)CC1. The van der Waals surface area contributed by atoms with Gasteiger partial charge in [-0.3, -0.25) is 4.68 Å². The quantitative estimate of drug-likeness (QED) is 0.576. The van der Waals surface area contributed by atoms with Crippen molar-refractivity contribution < 1.29 is 18.7 Å². The Bertz CT molecular complexity index is 1130. The van der Waals surface area contributed by atoms with E-state index in [1.807, 2.05) is 6.92 Å². The van der Waals surface area contributed by atoms with Crippen molar-refractivity contribution in [3.8, 4) is 23.2 Å². The summed E-state index contributed by atoms with van der Waals surface area (Å²) < 4.78 is 26.9. The first-order valence-corrected chi connectivity index (χ1v) is 10.6. The molecule has 0 saturated carbocycles. The molecule has 33 heavy (non-hydrogen) atoms. The Kier molecular flexibility index (Phi) is 6.77. The maximum Gasteiger partial charge on any atom is 0.409 e. The number of aromatic nitrogens is 6. The Morgan fingerprint density at radius 3 is 2.85 bits per heavy atom. The van der Waals surface area contributed by atoms with Crippen LogP contribution in [0.4, 0.5) is 9.18 Å². The Morgan fingerprint density at radius 1 is 1.36 bits per heavy atom. The maximum atomic E-state index is 14.5. The molecule has 0 bridgehead atoms. The summed E-state index contributed by atoms with van der Waals surface area (Å²) >= 11 is 0. The summed E-state index contributed by atoms with van der Waals surface area (Å²) in [4.78, 5) is 13.7. The molecule has 0 aliphatic carbocycles. The van der Waals surface area contributed by atoms with Crippen molar-refractivity contribution in [2.75, 3.05) is 19.7 Å². The van der Waals surface area contributed by atoms with Crippen molar-refractivity contribution in [1.82, 2.24) is 35.3 Å². The van der Waals surface area contributed by atoms with Crippen LogP contribution in [0, 0.1) is 17.1 Å². The van der Waals surface area contributed by atoms with E-state index in [2.05, 4.69) is 31.8 Å². The van der Waals surface area contributed by atoms with Gasteiger partial charge < -0.3 is 14.4 Å². The van der Waals surface area contributed by atoms with Crippen molar-refractivity contribution in [2.45, 2.75) is 38.8 Å². The standard InChI is InChI=1S/C21H23FN8O3/c1-2-9-32-21(31)29-7-5-16(6-8-29)30-18(11-23)15(12-24-30)13-33-19-4-3-14(10-17(19)22)20-25-27-28-26-20/h3-4,10,12,16H,2,5-9,13H2,1H3,(H,25,26,27,28). The number of ether oxygens (including phenoxy) is 2. The molecule has 1 N–H and O–H groups in total. The van der Waals surface area contributed by atoms with E-state index >= 15 is 0 Å². The molecule has 4 rings (SSSR count). The van der Waals surface area contributed by atoms with Crippen LogP contribution in [-0.2, 0) is 11.3 Å². The number of carbonyl (C=O) groups is 1. The van der Waals surface area contributed by atoms with E-state index in [1.165, 1.54) is 12.1 Å². The van der Waals surface area contributed by atoms with Crippen LogP contribution >= 0.6 is 0 Å². The van der Waals surface area contributed by atoms with E-state index < -0.39 is 5.82 Å². The van der Waals surface area contributed by atoms with Gasteiger partial charge in [0.15, 0.2) is 11.6 Å². The number of nitrogens with zero attached hydrogens (tertiary/aromatic N) is 7. The van der Waals surface area contributed by atoms with E-state index in [0.29, 0.717) is 49.4 Å². The monoisotopic (exact) mass is 454 g/mol. The number of tetrazole rings is 1. The number of aromatic amines is 1. The summed E-state index contributed by atoms with van der Waals surface area (Å²) in [6.07, 6.45) is 3.34. The highest BCUT2D eigenvalue weighted by atomic mass is 19.1. The third kappa shape index (κ3) is 4.92. The minimum absolute atomic E-state index is 0.0104. The highest BCUT2D eigenvalue weighted by Crippen LogP contribution is 2.27. The number of carbonyl (C=O) groups excluding carboxylic acids is 1. The van der Waals surface area contributed by atoms with Crippen molar-refractivity contribution in [3.05, 3.63) is 41.5 Å². The van der Waals surface area contributed by atoms with Gasteiger partial charge in [-0.2, -0.15) is 15.6 Å². The Hall–Kier alpha value is -4.01. The summed E-state index contributed by atoms with van der Waals surface area (Å²) in [6, 6.07) is 6.51. The highest BCUT2D eigenvalue weighted by molar-refractivity contribution is 5.67. The van der Waals surface area contributed by atoms with Gasteiger partial charge in [-0.25, -0.2) is 9.18 Å². The molecular weight excluding hydrogens is 431 g/mol. The molecule has 12 heteroatoms.